The van der Waals surface area contributed by atoms with Crippen molar-refractivity contribution in [3.63, 3.8) is 0 Å². The second kappa shape index (κ2) is 8.79. The summed E-state index contributed by atoms with van der Waals surface area (Å²) in [7, 11) is 3.92. The van der Waals surface area contributed by atoms with Crippen molar-refractivity contribution in [3.8, 4) is 0 Å². The van der Waals surface area contributed by atoms with Gasteiger partial charge in [0, 0.05) is 25.7 Å². The Morgan fingerprint density at radius 3 is 2.05 bits per heavy atom. The second-order valence-electron chi connectivity index (χ2n) is 6.01. The van der Waals surface area contributed by atoms with E-state index in [1.807, 2.05) is 19.0 Å². The quantitative estimate of drug-likeness (QED) is 0.706. The Morgan fingerprint density at radius 2 is 1.65 bits per heavy atom. The largest absolute Gasteiger partial charge is 0.481 e. The molecule has 0 fully saturated rings. The number of nitrogens with one attached hydrogen (secondary N) is 1. The number of carboxylic acids is 1. The van der Waals surface area contributed by atoms with Gasteiger partial charge in [-0.25, -0.2) is 4.79 Å². The van der Waals surface area contributed by atoms with E-state index in [1.165, 1.54) is 0 Å². The van der Waals surface area contributed by atoms with Crippen LogP contribution in [0.5, 0.6) is 0 Å². The van der Waals surface area contributed by atoms with Crippen LogP contribution in [0.1, 0.15) is 27.7 Å². The van der Waals surface area contributed by atoms with Gasteiger partial charge in [0.1, 0.15) is 0 Å². The minimum atomic E-state index is -0.901. The molecule has 118 valence electrons. The van der Waals surface area contributed by atoms with Crippen molar-refractivity contribution in [2.24, 2.45) is 11.8 Å². The molecule has 2 atom stereocenters. The summed E-state index contributed by atoms with van der Waals surface area (Å²) in [6.45, 7) is 9.50. The predicted octanol–water partition coefficient (Wildman–Crippen LogP) is 1.32. The molecular formula is C14H29N3O3. The SMILES string of the molecule is CC(C)CN(CCN(C)C)C(=O)NC(C)C(C)C(=O)O. The maximum Gasteiger partial charge on any atom is 0.317 e. The fraction of sp³-hybridized carbons (Fsp3) is 0.857. The molecule has 0 aromatic heterocycles. The Bertz CT molecular complexity index is 319. The first-order valence-electron chi connectivity index (χ1n) is 7.08. The molecule has 0 aliphatic carbocycles. The van der Waals surface area contributed by atoms with Crippen LogP contribution < -0.4 is 5.32 Å². The van der Waals surface area contributed by atoms with Crippen LogP contribution in [0, 0.1) is 11.8 Å². The molecule has 6 heteroatoms. The number of urea groups is 1. The Hall–Kier alpha value is -1.30. The number of likely N-dealkylation sites (N-methyl/N-ethyl adjacent to an activating group) is 1. The summed E-state index contributed by atoms with van der Waals surface area (Å²) in [4.78, 5) is 26.9. The lowest BCUT2D eigenvalue weighted by Crippen LogP contribution is -2.49. The standard InChI is InChI=1S/C14H29N3O3/c1-10(2)9-17(8-7-16(5)6)14(20)15-12(4)11(3)13(18)19/h10-12H,7-9H2,1-6H3,(H,15,20)(H,18,19). The number of hydrogen-bond donors (Lipinski definition) is 2. The summed E-state index contributed by atoms with van der Waals surface area (Å²) < 4.78 is 0. The van der Waals surface area contributed by atoms with Crippen LogP contribution >= 0.6 is 0 Å². The second-order valence-corrected chi connectivity index (χ2v) is 6.01. The number of rotatable bonds is 8. The van der Waals surface area contributed by atoms with E-state index in [-0.39, 0.29) is 6.03 Å². The van der Waals surface area contributed by atoms with Gasteiger partial charge in [0.15, 0.2) is 0 Å². The van der Waals surface area contributed by atoms with Crippen molar-refractivity contribution in [1.82, 2.24) is 15.1 Å². The van der Waals surface area contributed by atoms with Crippen LogP contribution in [-0.2, 0) is 4.79 Å². The summed E-state index contributed by atoms with van der Waals surface area (Å²) in [5.41, 5.74) is 0. The van der Waals surface area contributed by atoms with E-state index in [4.69, 9.17) is 5.11 Å². The Kier molecular flexibility index (Phi) is 8.22. The average Bonchev–Trinajstić information content (AvgIpc) is 2.32. The van der Waals surface area contributed by atoms with E-state index in [0.717, 1.165) is 6.54 Å². The molecule has 6 nitrogen and oxygen atoms in total. The van der Waals surface area contributed by atoms with Crippen LogP contribution in [0.3, 0.4) is 0 Å². The molecule has 0 rings (SSSR count). The van der Waals surface area contributed by atoms with Crippen LogP contribution in [-0.4, -0.2) is 66.7 Å². The molecule has 0 saturated carbocycles. The molecule has 0 aromatic carbocycles. The highest BCUT2D eigenvalue weighted by molar-refractivity contribution is 5.76. The van der Waals surface area contributed by atoms with Gasteiger partial charge in [-0.2, -0.15) is 0 Å². The van der Waals surface area contributed by atoms with Gasteiger partial charge in [0.2, 0.25) is 0 Å². The van der Waals surface area contributed by atoms with Crippen molar-refractivity contribution >= 4 is 12.0 Å². The molecular weight excluding hydrogens is 258 g/mol. The fourth-order valence-corrected chi connectivity index (χ4v) is 1.66. The third-order valence-corrected chi connectivity index (χ3v) is 3.18. The van der Waals surface area contributed by atoms with Crippen molar-refractivity contribution < 1.29 is 14.7 Å². The van der Waals surface area contributed by atoms with Crippen molar-refractivity contribution in [2.45, 2.75) is 33.7 Å². The number of nitrogens with zero attached hydrogens (tertiary/aromatic N) is 2. The fourth-order valence-electron chi connectivity index (χ4n) is 1.66. The lowest BCUT2D eigenvalue weighted by atomic mass is 10.0. The molecule has 2 N–H and O–H groups in total. The number of carbonyl (C=O) groups is 2. The van der Waals surface area contributed by atoms with E-state index < -0.39 is 17.9 Å². The van der Waals surface area contributed by atoms with Gasteiger partial charge < -0.3 is 20.2 Å². The molecule has 0 aliphatic heterocycles. The minimum absolute atomic E-state index is 0.193. The first-order chi connectivity index (χ1) is 9.15. The molecule has 0 bridgehead atoms. The van der Waals surface area contributed by atoms with Crippen LogP contribution in [0.15, 0.2) is 0 Å². The van der Waals surface area contributed by atoms with Crippen LogP contribution in [0.4, 0.5) is 4.79 Å². The molecule has 0 spiro atoms. The molecule has 0 saturated heterocycles. The normalized spacial score (nSPS) is 14.2. The predicted molar refractivity (Wildman–Crippen MR) is 79.8 cm³/mol. The van der Waals surface area contributed by atoms with Crippen molar-refractivity contribution in [2.75, 3.05) is 33.7 Å². The molecule has 0 aromatic rings. The average molecular weight is 287 g/mol. The van der Waals surface area contributed by atoms with E-state index in [9.17, 15) is 9.59 Å². The first-order valence-corrected chi connectivity index (χ1v) is 7.08. The van der Waals surface area contributed by atoms with E-state index >= 15 is 0 Å². The van der Waals surface area contributed by atoms with Gasteiger partial charge in [0.05, 0.1) is 5.92 Å². The molecule has 20 heavy (non-hydrogen) atoms. The zero-order valence-electron chi connectivity index (χ0n) is 13.5. The number of carboxylic acid groups (broad SMARTS) is 1. The summed E-state index contributed by atoms with van der Waals surface area (Å²) in [5.74, 6) is -1.13. The van der Waals surface area contributed by atoms with Gasteiger partial charge in [-0.1, -0.05) is 13.8 Å². The molecule has 0 radical (unpaired) electrons. The van der Waals surface area contributed by atoms with Crippen molar-refractivity contribution in [3.05, 3.63) is 0 Å². The van der Waals surface area contributed by atoms with Gasteiger partial charge in [-0.3, -0.25) is 4.79 Å². The van der Waals surface area contributed by atoms with E-state index in [1.54, 1.807) is 18.7 Å². The first kappa shape index (κ1) is 18.7. The molecule has 0 aliphatic rings. The maximum atomic E-state index is 12.2. The zero-order valence-corrected chi connectivity index (χ0v) is 13.5. The topological polar surface area (TPSA) is 72.9 Å². The Balaban J connectivity index is 4.56. The number of aliphatic carboxylic acids is 1. The number of amides is 2. The molecule has 0 heterocycles. The monoisotopic (exact) mass is 287 g/mol. The Labute approximate surface area is 122 Å². The highest BCUT2D eigenvalue weighted by atomic mass is 16.4. The number of carbonyl (C=O) groups excluding carboxylic acids is 1. The lowest BCUT2D eigenvalue weighted by molar-refractivity contribution is -0.141. The molecule has 2 unspecified atom stereocenters. The van der Waals surface area contributed by atoms with Gasteiger partial charge in [0.25, 0.3) is 0 Å². The van der Waals surface area contributed by atoms with Crippen LogP contribution in [0.25, 0.3) is 0 Å². The Morgan fingerprint density at radius 1 is 1.10 bits per heavy atom. The minimum Gasteiger partial charge on any atom is -0.481 e. The third kappa shape index (κ3) is 7.33. The highest BCUT2D eigenvalue weighted by Gasteiger charge is 2.23. The van der Waals surface area contributed by atoms with Crippen molar-refractivity contribution in [1.29, 1.82) is 0 Å². The maximum absolute atomic E-state index is 12.2. The van der Waals surface area contributed by atoms with Gasteiger partial charge in [-0.05, 0) is 33.9 Å². The lowest BCUT2D eigenvalue weighted by Gasteiger charge is -2.28. The third-order valence-electron chi connectivity index (χ3n) is 3.18. The zero-order chi connectivity index (χ0) is 15.9. The van der Waals surface area contributed by atoms with Crippen LogP contribution in [0.2, 0.25) is 0 Å². The van der Waals surface area contributed by atoms with Gasteiger partial charge >= 0.3 is 12.0 Å². The smallest absolute Gasteiger partial charge is 0.317 e. The summed E-state index contributed by atoms with van der Waals surface area (Å²) in [6, 6.07) is -0.588. The van der Waals surface area contributed by atoms with E-state index in [0.29, 0.717) is 19.0 Å². The number of hydrogen-bond acceptors (Lipinski definition) is 3. The van der Waals surface area contributed by atoms with Gasteiger partial charge in [-0.15, -0.1) is 0 Å². The van der Waals surface area contributed by atoms with E-state index in [2.05, 4.69) is 19.2 Å². The summed E-state index contributed by atoms with van der Waals surface area (Å²) in [6.07, 6.45) is 0. The summed E-state index contributed by atoms with van der Waals surface area (Å²) >= 11 is 0. The summed E-state index contributed by atoms with van der Waals surface area (Å²) in [5, 5.41) is 11.7. The highest BCUT2D eigenvalue weighted by Crippen LogP contribution is 2.05. The molecule has 2 amide bonds.